The fourth-order valence-electron chi connectivity index (χ4n) is 3.53. The van der Waals surface area contributed by atoms with Gasteiger partial charge in [0.15, 0.2) is 0 Å². The lowest BCUT2D eigenvalue weighted by Crippen LogP contribution is -2.52. The lowest BCUT2D eigenvalue weighted by atomic mass is 10.2. The molecule has 1 aliphatic heterocycles. The predicted molar refractivity (Wildman–Crippen MR) is 107 cm³/mol. The van der Waals surface area contributed by atoms with E-state index in [0.29, 0.717) is 11.2 Å². The lowest BCUT2D eigenvalue weighted by Gasteiger charge is -2.38. The number of aromatic amines is 2. The van der Waals surface area contributed by atoms with E-state index in [2.05, 4.69) is 37.2 Å². The highest BCUT2D eigenvalue weighted by molar-refractivity contribution is 5.96. The highest BCUT2D eigenvalue weighted by Gasteiger charge is 2.25. The zero-order chi connectivity index (χ0) is 18.8. The Hall–Kier alpha value is -3.06. The van der Waals surface area contributed by atoms with Crippen LogP contribution in [0.2, 0.25) is 0 Å². The van der Waals surface area contributed by atoms with Crippen molar-refractivity contribution >= 4 is 28.3 Å². The van der Waals surface area contributed by atoms with Crippen molar-refractivity contribution in [1.82, 2.24) is 14.9 Å². The van der Waals surface area contributed by atoms with Crippen molar-refractivity contribution in [3.05, 3.63) is 59.0 Å². The monoisotopic (exact) mass is 365 g/mol. The molecule has 4 rings (SSSR count). The summed E-state index contributed by atoms with van der Waals surface area (Å²) >= 11 is 0. The van der Waals surface area contributed by atoms with Gasteiger partial charge in [0.25, 0.3) is 0 Å². The molecule has 27 heavy (non-hydrogen) atoms. The summed E-state index contributed by atoms with van der Waals surface area (Å²) in [5.41, 5.74) is 3.06. The number of hydrogen-bond acceptors (Lipinski definition) is 4. The molecule has 0 unspecified atom stereocenters. The average Bonchev–Trinajstić information content (AvgIpc) is 3.07. The van der Waals surface area contributed by atoms with E-state index in [1.54, 1.807) is 18.2 Å². The number of anilines is 2. The van der Waals surface area contributed by atoms with Crippen molar-refractivity contribution < 1.29 is 4.79 Å². The molecule has 7 nitrogen and oxygen atoms in total. The normalized spacial score (nSPS) is 16.4. The lowest BCUT2D eigenvalue weighted by molar-refractivity contribution is -0.120. The van der Waals surface area contributed by atoms with E-state index < -0.39 is 0 Å². The van der Waals surface area contributed by atoms with Crippen LogP contribution in [-0.2, 0) is 4.79 Å². The Morgan fingerprint density at radius 1 is 1.00 bits per heavy atom. The minimum absolute atomic E-state index is 0.0413. The number of imidazole rings is 1. The molecule has 0 spiro atoms. The molecule has 7 heteroatoms. The summed E-state index contributed by atoms with van der Waals surface area (Å²) in [4.78, 5) is 34.0. The predicted octanol–water partition coefficient (Wildman–Crippen LogP) is 2.01. The van der Waals surface area contributed by atoms with Gasteiger partial charge in [0, 0.05) is 37.6 Å². The number of benzene rings is 2. The molecule has 3 N–H and O–H groups in total. The first-order valence-corrected chi connectivity index (χ1v) is 9.17. The van der Waals surface area contributed by atoms with Crippen LogP contribution in [0.15, 0.2) is 53.3 Å². The van der Waals surface area contributed by atoms with E-state index in [0.717, 1.165) is 31.7 Å². The number of carbonyl (C=O) groups is 1. The average molecular weight is 365 g/mol. The van der Waals surface area contributed by atoms with E-state index in [-0.39, 0.29) is 17.6 Å². The summed E-state index contributed by atoms with van der Waals surface area (Å²) in [6.07, 6.45) is 0. The zero-order valence-corrected chi connectivity index (χ0v) is 15.2. The molecule has 1 fully saturated rings. The van der Waals surface area contributed by atoms with E-state index in [1.165, 1.54) is 5.69 Å². The van der Waals surface area contributed by atoms with Crippen LogP contribution in [0.1, 0.15) is 6.92 Å². The maximum Gasteiger partial charge on any atom is 0.323 e. The van der Waals surface area contributed by atoms with Gasteiger partial charge in [0.05, 0.1) is 17.1 Å². The third-order valence-corrected chi connectivity index (χ3v) is 5.15. The van der Waals surface area contributed by atoms with Gasteiger partial charge in [-0.25, -0.2) is 4.79 Å². The quantitative estimate of drug-likeness (QED) is 0.660. The van der Waals surface area contributed by atoms with Crippen molar-refractivity contribution in [3.63, 3.8) is 0 Å². The number of para-hydroxylation sites is 1. The molecule has 1 aromatic heterocycles. The molecule has 1 aliphatic rings. The summed E-state index contributed by atoms with van der Waals surface area (Å²) in [5, 5.41) is 2.95. The molecular formula is C20H23N5O2. The third-order valence-electron chi connectivity index (χ3n) is 5.15. The van der Waals surface area contributed by atoms with E-state index >= 15 is 0 Å². The van der Waals surface area contributed by atoms with Gasteiger partial charge in [-0.05, 0) is 37.3 Å². The van der Waals surface area contributed by atoms with Gasteiger partial charge in [-0.1, -0.05) is 18.2 Å². The Bertz CT molecular complexity index is 986. The second-order valence-corrected chi connectivity index (χ2v) is 6.86. The summed E-state index contributed by atoms with van der Waals surface area (Å²) < 4.78 is 0. The number of nitrogens with one attached hydrogen (secondary N) is 3. The largest absolute Gasteiger partial charge is 0.369 e. The molecule has 1 amide bonds. The SMILES string of the molecule is C[C@H](C(=O)Nc1ccc2[nH]c(=O)[nH]c2c1)N1CCN(c2ccccc2)CC1. The Balaban J connectivity index is 1.37. The summed E-state index contributed by atoms with van der Waals surface area (Å²) in [6, 6.07) is 15.5. The maximum absolute atomic E-state index is 12.7. The Labute approximate surface area is 157 Å². The molecule has 2 aromatic carbocycles. The third kappa shape index (κ3) is 3.73. The zero-order valence-electron chi connectivity index (χ0n) is 15.2. The number of fused-ring (bicyclic) bond motifs is 1. The highest BCUT2D eigenvalue weighted by Crippen LogP contribution is 2.18. The Morgan fingerprint density at radius 2 is 1.70 bits per heavy atom. The number of piperazine rings is 1. The Morgan fingerprint density at radius 3 is 2.44 bits per heavy atom. The molecule has 0 bridgehead atoms. The number of H-pyrrole nitrogens is 2. The number of carbonyl (C=O) groups excluding carboxylic acids is 1. The fraction of sp³-hybridized carbons (Fsp3) is 0.300. The summed E-state index contributed by atoms with van der Waals surface area (Å²) in [6.45, 7) is 5.42. The van der Waals surface area contributed by atoms with Crippen LogP contribution < -0.4 is 15.9 Å². The Kier molecular flexibility index (Phi) is 4.68. The summed E-state index contributed by atoms with van der Waals surface area (Å²) in [7, 11) is 0. The van der Waals surface area contributed by atoms with Gasteiger partial charge in [-0.15, -0.1) is 0 Å². The number of nitrogens with zero attached hydrogens (tertiary/aromatic N) is 2. The van der Waals surface area contributed by atoms with Crippen molar-refractivity contribution in [1.29, 1.82) is 0 Å². The van der Waals surface area contributed by atoms with E-state index in [1.807, 2.05) is 25.1 Å². The van der Waals surface area contributed by atoms with Crippen molar-refractivity contribution in [3.8, 4) is 0 Å². The van der Waals surface area contributed by atoms with Crippen LogP contribution >= 0.6 is 0 Å². The van der Waals surface area contributed by atoms with Crippen LogP contribution in [0, 0.1) is 0 Å². The molecule has 0 aliphatic carbocycles. The maximum atomic E-state index is 12.7. The van der Waals surface area contributed by atoms with Crippen LogP contribution in [-0.4, -0.2) is 53.0 Å². The highest BCUT2D eigenvalue weighted by atomic mass is 16.2. The molecular weight excluding hydrogens is 342 g/mol. The number of hydrogen-bond donors (Lipinski definition) is 3. The van der Waals surface area contributed by atoms with Gasteiger partial charge in [0.1, 0.15) is 0 Å². The van der Waals surface area contributed by atoms with Crippen molar-refractivity contribution in [2.75, 3.05) is 36.4 Å². The van der Waals surface area contributed by atoms with Crippen LogP contribution in [0.3, 0.4) is 0 Å². The van der Waals surface area contributed by atoms with E-state index in [4.69, 9.17) is 0 Å². The molecule has 3 aromatic rings. The summed E-state index contributed by atoms with van der Waals surface area (Å²) in [5.74, 6) is -0.0413. The van der Waals surface area contributed by atoms with Crippen molar-refractivity contribution in [2.24, 2.45) is 0 Å². The number of rotatable bonds is 4. The molecule has 0 saturated carbocycles. The molecule has 140 valence electrons. The number of amides is 1. The van der Waals surface area contributed by atoms with Gasteiger partial charge in [-0.2, -0.15) is 0 Å². The first-order valence-electron chi connectivity index (χ1n) is 9.17. The standard InChI is InChI=1S/C20H23N5O2/c1-14(24-9-11-25(12-10-24)16-5-3-2-4-6-16)19(26)21-15-7-8-17-18(13-15)23-20(27)22-17/h2-8,13-14H,9-12H2,1H3,(H,21,26)(H2,22,23,27)/t14-/m1/s1. The number of aromatic nitrogens is 2. The van der Waals surface area contributed by atoms with E-state index in [9.17, 15) is 9.59 Å². The first-order chi connectivity index (χ1) is 13.1. The van der Waals surface area contributed by atoms with Crippen molar-refractivity contribution in [2.45, 2.75) is 13.0 Å². The minimum Gasteiger partial charge on any atom is -0.369 e. The molecule has 2 heterocycles. The van der Waals surface area contributed by atoms with Crippen LogP contribution in [0.4, 0.5) is 11.4 Å². The van der Waals surface area contributed by atoms with Crippen LogP contribution in [0.25, 0.3) is 11.0 Å². The minimum atomic E-state index is -0.252. The van der Waals surface area contributed by atoms with Gasteiger partial charge >= 0.3 is 5.69 Å². The fourth-order valence-corrected chi connectivity index (χ4v) is 3.53. The van der Waals surface area contributed by atoms with Gasteiger partial charge in [-0.3, -0.25) is 9.69 Å². The second-order valence-electron chi connectivity index (χ2n) is 6.86. The van der Waals surface area contributed by atoms with Gasteiger partial charge in [0.2, 0.25) is 5.91 Å². The van der Waals surface area contributed by atoms with Gasteiger partial charge < -0.3 is 20.2 Å². The molecule has 0 radical (unpaired) electrons. The topological polar surface area (TPSA) is 84.2 Å². The first kappa shape index (κ1) is 17.4. The molecule has 1 saturated heterocycles. The van der Waals surface area contributed by atoms with Crippen LogP contribution in [0.5, 0.6) is 0 Å². The smallest absolute Gasteiger partial charge is 0.323 e. The second kappa shape index (κ2) is 7.28. The molecule has 1 atom stereocenters.